The van der Waals surface area contributed by atoms with Crippen LogP contribution < -0.4 is 10.6 Å². The predicted molar refractivity (Wildman–Crippen MR) is 95.3 cm³/mol. The Morgan fingerprint density at radius 2 is 1.92 bits per heavy atom. The fourth-order valence-corrected chi connectivity index (χ4v) is 3.60. The molecule has 0 bridgehead atoms. The molecule has 2 unspecified atom stereocenters. The highest BCUT2D eigenvalue weighted by molar-refractivity contribution is 5.73. The largest absolute Gasteiger partial charge is 0.490 e. The zero-order valence-electron chi connectivity index (χ0n) is 15.1. The lowest BCUT2D eigenvalue weighted by atomic mass is 10.1. The van der Waals surface area contributed by atoms with Gasteiger partial charge in [0.15, 0.2) is 0 Å². The van der Waals surface area contributed by atoms with Crippen LogP contribution in [0.5, 0.6) is 0 Å². The number of carboxylic acid groups (broad SMARTS) is 1. The molecule has 2 fully saturated rings. The molecule has 0 amide bonds. The Hall–Kier alpha value is -1.96. The van der Waals surface area contributed by atoms with Gasteiger partial charge >= 0.3 is 12.1 Å². The number of carboxylic acids is 1. The van der Waals surface area contributed by atoms with Crippen molar-refractivity contribution >= 4 is 17.3 Å². The number of nitrogen functional groups attached to an aromatic ring is 1. The van der Waals surface area contributed by atoms with Crippen LogP contribution in [0, 0.1) is 6.92 Å². The molecule has 3 rings (SSSR count). The first kappa shape index (κ1) is 20.4. The standard InChI is InChI=1S/C16H25N3.C2HF3O2/c1-12-10-14(5-6-16(12)17)18-9-7-15(11-18)19-8-3-4-13(19)2;3-2(4,5)1(6)7/h5-6,10,13,15H,3-4,7-9,11,17H2,1-2H3;(H,6,7). The van der Waals surface area contributed by atoms with Gasteiger partial charge in [-0.25, -0.2) is 4.79 Å². The summed E-state index contributed by atoms with van der Waals surface area (Å²) in [4.78, 5) is 14.1. The second-order valence-electron chi connectivity index (χ2n) is 6.96. The van der Waals surface area contributed by atoms with Crippen LogP contribution in [0.4, 0.5) is 24.5 Å². The molecule has 3 N–H and O–H groups in total. The van der Waals surface area contributed by atoms with Gasteiger partial charge in [0.2, 0.25) is 0 Å². The van der Waals surface area contributed by atoms with Crippen molar-refractivity contribution in [3.63, 3.8) is 0 Å². The molecule has 0 aliphatic carbocycles. The van der Waals surface area contributed by atoms with Crippen molar-refractivity contribution in [2.75, 3.05) is 30.3 Å². The molecule has 2 saturated heterocycles. The lowest BCUT2D eigenvalue weighted by molar-refractivity contribution is -0.192. The third kappa shape index (κ3) is 5.03. The van der Waals surface area contributed by atoms with Gasteiger partial charge in [-0.3, -0.25) is 4.90 Å². The number of carbonyl (C=O) groups is 1. The zero-order chi connectivity index (χ0) is 19.5. The number of alkyl halides is 3. The van der Waals surface area contributed by atoms with Crippen molar-refractivity contribution in [1.29, 1.82) is 0 Å². The number of hydrogen-bond acceptors (Lipinski definition) is 4. The summed E-state index contributed by atoms with van der Waals surface area (Å²) in [6, 6.07) is 7.95. The SMILES string of the molecule is Cc1cc(N2CCC(N3CCCC3C)C2)ccc1N.O=C(O)C(F)(F)F. The van der Waals surface area contributed by atoms with Gasteiger partial charge in [0, 0.05) is 36.5 Å². The van der Waals surface area contributed by atoms with Crippen LogP contribution in [0.1, 0.15) is 31.7 Å². The van der Waals surface area contributed by atoms with E-state index in [0.29, 0.717) is 0 Å². The van der Waals surface area contributed by atoms with E-state index in [2.05, 4.69) is 35.8 Å². The Morgan fingerprint density at radius 3 is 2.42 bits per heavy atom. The lowest BCUT2D eigenvalue weighted by Crippen LogP contribution is -2.39. The maximum absolute atomic E-state index is 10.6. The minimum Gasteiger partial charge on any atom is -0.475 e. The smallest absolute Gasteiger partial charge is 0.475 e. The van der Waals surface area contributed by atoms with Gasteiger partial charge in [0.05, 0.1) is 0 Å². The summed E-state index contributed by atoms with van der Waals surface area (Å²) < 4.78 is 31.7. The number of anilines is 2. The van der Waals surface area contributed by atoms with Gasteiger partial charge < -0.3 is 15.7 Å². The Labute approximate surface area is 151 Å². The predicted octanol–water partition coefficient (Wildman–Crippen LogP) is 3.27. The van der Waals surface area contributed by atoms with Gasteiger partial charge in [-0.1, -0.05) is 0 Å². The molecule has 2 aliphatic heterocycles. The van der Waals surface area contributed by atoms with E-state index < -0.39 is 12.1 Å². The van der Waals surface area contributed by atoms with Crippen LogP contribution in [0.15, 0.2) is 18.2 Å². The zero-order valence-corrected chi connectivity index (χ0v) is 15.1. The summed E-state index contributed by atoms with van der Waals surface area (Å²) in [6.07, 6.45) is -1.04. The lowest BCUT2D eigenvalue weighted by Gasteiger charge is -2.28. The number of nitrogens with two attached hydrogens (primary N) is 1. The number of nitrogens with zero attached hydrogens (tertiary/aromatic N) is 2. The molecule has 0 aromatic heterocycles. The van der Waals surface area contributed by atoms with Gasteiger partial charge in [0.1, 0.15) is 0 Å². The van der Waals surface area contributed by atoms with Crippen LogP contribution >= 0.6 is 0 Å². The summed E-state index contributed by atoms with van der Waals surface area (Å²) in [6.45, 7) is 8.11. The van der Waals surface area contributed by atoms with E-state index in [-0.39, 0.29) is 0 Å². The summed E-state index contributed by atoms with van der Waals surface area (Å²) in [5, 5.41) is 7.12. The highest BCUT2D eigenvalue weighted by Crippen LogP contribution is 2.29. The van der Waals surface area contributed by atoms with Crippen molar-refractivity contribution in [3.05, 3.63) is 23.8 Å². The first-order valence-electron chi connectivity index (χ1n) is 8.76. The molecule has 146 valence electrons. The highest BCUT2D eigenvalue weighted by Gasteiger charge is 2.38. The Kier molecular flexibility index (Phi) is 6.39. The first-order valence-corrected chi connectivity index (χ1v) is 8.76. The van der Waals surface area contributed by atoms with E-state index in [1.807, 2.05) is 6.07 Å². The Bertz CT molecular complexity index is 637. The van der Waals surface area contributed by atoms with E-state index in [9.17, 15) is 13.2 Å². The highest BCUT2D eigenvalue weighted by atomic mass is 19.4. The Balaban J connectivity index is 0.000000298. The Morgan fingerprint density at radius 1 is 1.27 bits per heavy atom. The fourth-order valence-electron chi connectivity index (χ4n) is 3.60. The van der Waals surface area contributed by atoms with Crippen LogP contribution in [0.2, 0.25) is 0 Å². The van der Waals surface area contributed by atoms with E-state index in [4.69, 9.17) is 15.6 Å². The monoisotopic (exact) mass is 373 g/mol. The normalized spacial score (nSPS) is 23.7. The van der Waals surface area contributed by atoms with E-state index in [1.165, 1.54) is 50.1 Å². The minimum atomic E-state index is -5.08. The van der Waals surface area contributed by atoms with Crippen LogP contribution in [0.25, 0.3) is 0 Å². The topological polar surface area (TPSA) is 69.8 Å². The summed E-state index contributed by atoms with van der Waals surface area (Å²) in [7, 11) is 0. The molecule has 26 heavy (non-hydrogen) atoms. The molecule has 2 aliphatic rings. The molecule has 5 nitrogen and oxygen atoms in total. The molecular formula is C18H26F3N3O2. The minimum absolute atomic E-state index is 0.746. The van der Waals surface area contributed by atoms with Crippen LogP contribution in [0.3, 0.4) is 0 Å². The summed E-state index contributed by atoms with van der Waals surface area (Å²) in [5.74, 6) is -2.76. The van der Waals surface area contributed by atoms with Gasteiger partial charge in [-0.05, 0) is 63.4 Å². The average molecular weight is 373 g/mol. The number of aliphatic carboxylic acids is 1. The maximum Gasteiger partial charge on any atom is 0.490 e. The molecule has 0 radical (unpaired) electrons. The molecule has 2 atom stereocenters. The quantitative estimate of drug-likeness (QED) is 0.779. The fraction of sp³-hybridized carbons (Fsp3) is 0.611. The summed E-state index contributed by atoms with van der Waals surface area (Å²) >= 11 is 0. The number of rotatable bonds is 2. The molecule has 1 aromatic carbocycles. The number of benzene rings is 1. The van der Waals surface area contributed by atoms with Crippen LogP contribution in [-0.2, 0) is 4.79 Å². The second kappa shape index (κ2) is 8.16. The molecule has 8 heteroatoms. The maximum atomic E-state index is 10.6. The van der Waals surface area contributed by atoms with Gasteiger partial charge in [-0.2, -0.15) is 13.2 Å². The van der Waals surface area contributed by atoms with Gasteiger partial charge in [0.25, 0.3) is 0 Å². The first-order chi connectivity index (χ1) is 12.1. The van der Waals surface area contributed by atoms with Gasteiger partial charge in [-0.15, -0.1) is 0 Å². The molecule has 0 saturated carbocycles. The molecule has 1 aromatic rings. The second-order valence-corrected chi connectivity index (χ2v) is 6.96. The van der Waals surface area contributed by atoms with Crippen LogP contribution in [-0.4, -0.2) is 53.9 Å². The van der Waals surface area contributed by atoms with Crippen molar-refractivity contribution in [2.45, 2.75) is 51.4 Å². The third-order valence-corrected chi connectivity index (χ3v) is 5.10. The van der Waals surface area contributed by atoms with E-state index in [1.54, 1.807) is 0 Å². The molecule has 0 spiro atoms. The van der Waals surface area contributed by atoms with E-state index in [0.717, 1.165) is 17.8 Å². The average Bonchev–Trinajstić information content (AvgIpc) is 3.18. The van der Waals surface area contributed by atoms with Crippen molar-refractivity contribution in [3.8, 4) is 0 Å². The number of halogens is 3. The third-order valence-electron chi connectivity index (χ3n) is 5.10. The number of aryl methyl sites for hydroxylation is 1. The summed E-state index contributed by atoms with van der Waals surface area (Å²) in [5.41, 5.74) is 9.33. The van der Waals surface area contributed by atoms with Crippen molar-refractivity contribution < 1.29 is 23.1 Å². The van der Waals surface area contributed by atoms with Crippen molar-refractivity contribution in [2.24, 2.45) is 0 Å². The molecular weight excluding hydrogens is 347 g/mol. The number of likely N-dealkylation sites (tertiary alicyclic amines) is 1. The molecule has 2 heterocycles. The van der Waals surface area contributed by atoms with Crippen molar-refractivity contribution in [1.82, 2.24) is 4.90 Å². The van der Waals surface area contributed by atoms with E-state index >= 15 is 0 Å². The number of hydrogen-bond donors (Lipinski definition) is 2.